The summed E-state index contributed by atoms with van der Waals surface area (Å²) in [5.74, 6) is 0. The lowest BCUT2D eigenvalue weighted by Crippen LogP contribution is -2.27. The summed E-state index contributed by atoms with van der Waals surface area (Å²) in [7, 11) is 0. The van der Waals surface area contributed by atoms with E-state index < -0.39 is 0 Å². The van der Waals surface area contributed by atoms with E-state index in [9.17, 15) is 0 Å². The van der Waals surface area contributed by atoms with Crippen LogP contribution in [0, 0.1) is 6.92 Å². The van der Waals surface area contributed by atoms with Crippen LogP contribution >= 0.6 is 0 Å². The van der Waals surface area contributed by atoms with Crippen molar-refractivity contribution >= 4 is 0 Å². The van der Waals surface area contributed by atoms with Gasteiger partial charge in [-0.15, -0.1) is 0 Å². The Kier molecular flexibility index (Phi) is 7.35. The molecular weight excluding hydrogens is 591 g/mol. The SMILES string of the molecule is Cc1ccc(-c2cc(-c3ccccc3)nc(-c3ccccc3)c2)cc1-c1ccc(-c2ccc3c(c2)-c2ccccc2C32CCCCC2)cc1. The lowest BCUT2D eigenvalue weighted by Gasteiger charge is -2.36. The molecular formula is C48H39N. The Labute approximate surface area is 290 Å². The maximum absolute atomic E-state index is 5.09. The van der Waals surface area contributed by atoms with Crippen LogP contribution in [0.3, 0.4) is 0 Å². The highest BCUT2D eigenvalue weighted by atomic mass is 14.7. The summed E-state index contributed by atoms with van der Waals surface area (Å²) in [6, 6.07) is 57.9. The molecule has 0 atom stereocenters. The van der Waals surface area contributed by atoms with Crippen LogP contribution < -0.4 is 0 Å². The number of hydrogen-bond acceptors (Lipinski definition) is 1. The number of rotatable bonds is 5. The molecule has 236 valence electrons. The van der Waals surface area contributed by atoms with Crippen LogP contribution in [0.2, 0.25) is 0 Å². The van der Waals surface area contributed by atoms with Gasteiger partial charge < -0.3 is 0 Å². The van der Waals surface area contributed by atoms with Gasteiger partial charge >= 0.3 is 0 Å². The molecule has 1 heteroatoms. The summed E-state index contributed by atoms with van der Waals surface area (Å²) in [4.78, 5) is 5.09. The van der Waals surface area contributed by atoms with Crippen molar-refractivity contribution in [3.8, 4) is 67.0 Å². The second-order valence-corrected chi connectivity index (χ2v) is 13.9. The fourth-order valence-corrected chi connectivity index (χ4v) is 8.50. The molecule has 0 saturated heterocycles. The fraction of sp³-hybridized carbons (Fsp3) is 0.146. The van der Waals surface area contributed by atoms with E-state index in [1.165, 1.54) is 82.2 Å². The van der Waals surface area contributed by atoms with Gasteiger partial charge in [-0.1, -0.05) is 153 Å². The summed E-state index contributed by atoms with van der Waals surface area (Å²) in [6.07, 6.45) is 6.54. The Morgan fingerprint density at radius 2 is 0.918 bits per heavy atom. The minimum Gasteiger partial charge on any atom is -0.248 e. The van der Waals surface area contributed by atoms with Crippen molar-refractivity contribution in [2.45, 2.75) is 44.4 Å². The number of fused-ring (bicyclic) bond motifs is 5. The first-order chi connectivity index (χ1) is 24.2. The quantitative estimate of drug-likeness (QED) is 0.185. The molecule has 1 aromatic heterocycles. The van der Waals surface area contributed by atoms with Gasteiger partial charge in [-0.2, -0.15) is 0 Å². The van der Waals surface area contributed by atoms with Gasteiger partial charge in [-0.25, -0.2) is 4.98 Å². The second-order valence-electron chi connectivity index (χ2n) is 13.9. The summed E-state index contributed by atoms with van der Waals surface area (Å²) in [5.41, 5.74) is 19.0. The van der Waals surface area contributed by atoms with Crippen LogP contribution in [-0.4, -0.2) is 4.98 Å². The zero-order valence-corrected chi connectivity index (χ0v) is 28.0. The van der Waals surface area contributed by atoms with Crippen LogP contribution in [0.1, 0.15) is 48.8 Å². The van der Waals surface area contributed by atoms with Crippen molar-refractivity contribution in [2.75, 3.05) is 0 Å². The van der Waals surface area contributed by atoms with E-state index in [4.69, 9.17) is 4.98 Å². The Bertz CT molecular complexity index is 2230. The van der Waals surface area contributed by atoms with Crippen molar-refractivity contribution in [2.24, 2.45) is 0 Å². The number of hydrogen-bond donors (Lipinski definition) is 0. The predicted octanol–water partition coefficient (Wildman–Crippen LogP) is 13.0. The minimum atomic E-state index is 0.202. The zero-order valence-electron chi connectivity index (χ0n) is 28.0. The predicted molar refractivity (Wildman–Crippen MR) is 205 cm³/mol. The van der Waals surface area contributed by atoms with Gasteiger partial charge in [-0.3, -0.25) is 0 Å². The van der Waals surface area contributed by atoms with Gasteiger partial charge in [0.25, 0.3) is 0 Å². The third kappa shape index (κ3) is 5.22. The van der Waals surface area contributed by atoms with E-state index in [1.807, 2.05) is 0 Å². The van der Waals surface area contributed by atoms with Crippen LogP contribution in [-0.2, 0) is 5.41 Å². The Morgan fingerprint density at radius 3 is 1.61 bits per heavy atom. The Hall–Kier alpha value is -5.53. The molecule has 7 aromatic rings. The highest BCUT2D eigenvalue weighted by Gasteiger charge is 2.43. The average Bonchev–Trinajstić information content (AvgIpc) is 3.44. The first kappa shape index (κ1) is 29.6. The molecule has 1 heterocycles. The first-order valence-electron chi connectivity index (χ1n) is 17.8. The smallest absolute Gasteiger partial charge is 0.0715 e. The molecule has 49 heavy (non-hydrogen) atoms. The standard InChI is InChI=1S/C48H39N/c1-33-19-20-39(40-31-46(36-13-5-2-6-14-36)49-47(32-40)37-15-7-3-8-16-37)29-42(33)35-23-21-34(22-24-35)38-25-26-45-43(30-38)41-17-9-10-18-44(41)48(45)27-11-4-12-28-48/h2-3,5-10,13-26,29-32H,4,11-12,27-28H2,1H3. The van der Waals surface area contributed by atoms with E-state index in [1.54, 1.807) is 11.1 Å². The monoisotopic (exact) mass is 629 g/mol. The Balaban J connectivity index is 1.07. The van der Waals surface area contributed by atoms with Gasteiger partial charge in [0.15, 0.2) is 0 Å². The highest BCUT2D eigenvalue weighted by molar-refractivity contribution is 5.86. The van der Waals surface area contributed by atoms with Crippen molar-refractivity contribution < 1.29 is 0 Å². The van der Waals surface area contributed by atoms with Crippen LogP contribution in [0.5, 0.6) is 0 Å². The number of pyridine rings is 1. The van der Waals surface area contributed by atoms with Crippen molar-refractivity contribution in [1.82, 2.24) is 4.98 Å². The molecule has 2 aliphatic rings. The first-order valence-corrected chi connectivity index (χ1v) is 17.8. The van der Waals surface area contributed by atoms with Crippen LogP contribution in [0.4, 0.5) is 0 Å². The molecule has 1 spiro atoms. The van der Waals surface area contributed by atoms with E-state index in [2.05, 4.69) is 165 Å². The Morgan fingerprint density at radius 1 is 0.388 bits per heavy atom. The molecule has 0 N–H and O–H groups in total. The number of nitrogens with zero attached hydrogens (tertiary/aromatic N) is 1. The lowest BCUT2D eigenvalue weighted by molar-refractivity contribution is 0.353. The maximum Gasteiger partial charge on any atom is 0.0715 e. The summed E-state index contributed by atoms with van der Waals surface area (Å²) >= 11 is 0. The average molecular weight is 630 g/mol. The molecule has 0 bridgehead atoms. The number of aromatic nitrogens is 1. The number of aryl methyl sites for hydroxylation is 1. The second kappa shape index (κ2) is 12.2. The van der Waals surface area contributed by atoms with Gasteiger partial charge in [0.1, 0.15) is 0 Å². The molecule has 0 amide bonds. The normalized spacial score (nSPS) is 14.4. The third-order valence-electron chi connectivity index (χ3n) is 11.0. The maximum atomic E-state index is 5.09. The van der Waals surface area contributed by atoms with Gasteiger partial charge in [0, 0.05) is 16.5 Å². The number of benzene rings is 6. The molecule has 0 unspecified atom stereocenters. The van der Waals surface area contributed by atoms with Crippen LogP contribution in [0.25, 0.3) is 67.0 Å². The summed E-state index contributed by atoms with van der Waals surface area (Å²) in [5, 5.41) is 0. The molecule has 9 rings (SSSR count). The van der Waals surface area contributed by atoms with Crippen molar-refractivity contribution in [3.05, 3.63) is 174 Å². The topological polar surface area (TPSA) is 12.9 Å². The van der Waals surface area contributed by atoms with Crippen molar-refractivity contribution in [3.63, 3.8) is 0 Å². The molecule has 0 radical (unpaired) electrons. The fourth-order valence-electron chi connectivity index (χ4n) is 8.50. The summed E-state index contributed by atoms with van der Waals surface area (Å²) < 4.78 is 0. The van der Waals surface area contributed by atoms with E-state index in [0.717, 1.165) is 22.5 Å². The minimum absolute atomic E-state index is 0.202. The summed E-state index contributed by atoms with van der Waals surface area (Å²) in [6.45, 7) is 2.21. The molecule has 1 saturated carbocycles. The highest BCUT2D eigenvalue weighted by Crippen LogP contribution is 2.56. The van der Waals surface area contributed by atoms with E-state index in [-0.39, 0.29) is 5.41 Å². The van der Waals surface area contributed by atoms with Gasteiger partial charge in [0.05, 0.1) is 11.4 Å². The molecule has 0 aliphatic heterocycles. The van der Waals surface area contributed by atoms with Crippen molar-refractivity contribution in [1.29, 1.82) is 0 Å². The largest absolute Gasteiger partial charge is 0.248 e. The van der Waals surface area contributed by atoms with E-state index >= 15 is 0 Å². The lowest BCUT2D eigenvalue weighted by atomic mass is 9.68. The molecule has 1 fully saturated rings. The zero-order chi connectivity index (χ0) is 32.8. The van der Waals surface area contributed by atoms with E-state index in [0.29, 0.717) is 0 Å². The van der Waals surface area contributed by atoms with Gasteiger partial charge in [0.2, 0.25) is 0 Å². The molecule has 1 nitrogen and oxygen atoms in total. The third-order valence-corrected chi connectivity index (χ3v) is 11.0. The van der Waals surface area contributed by atoms with Gasteiger partial charge in [-0.05, 0) is 105 Å². The molecule has 6 aromatic carbocycles. The van der Waals surface area contributed by atoms with Crippen LogP contribution in [0.15, 0.2) is 158 Å². The molecule has 2 aliphatic carbocycles.